The summed E-state index contributed by atoms with van der Waals surface area (Å²) >= 11 is 0. The fourth-order valence-electron chi connectivity index (χ4n) is 6.80. The van der Waals surface area contributed by atoms with E-state index < -0.39 is 11.7 Å². The molecule has 0 bridgehead atoms. The first-order valence-electron chi connectivity index (χ1n) is 16.5. The molecule has 3 aromatic rings. The fraction of sp³-hybridized carbons (Fsp3) is 0.514. The minimum Gasteiger partial charge on any atom is -0.494 e. The zero-order valence-corrected chi connectivity index (χ0v) is 28.7. The third-order valence-electron chi connectivity index (χ3n) is 9.25. The lowest BCUT2D eigenvalue weighted by atomic mass is 9.82. The van der Waals surface area contributed by atoms with Crippen molar-refractivity contribution in [2.75, 3.05) is 74.3 Å². The van der Waals surface area contributed by atoms with Gasteiger partial charge in [-0.2, -0.15) is 18.2 Å². The average Bonchev–Trinajstić information content (AvgIpc) is 3.06. The van der Waals surface area contributed by atoms with Crippen LogP contribution in [0.4, 0.5) is 42.0 Å². The number of carbonyl (C=O) groups excluding carboxylic acids is 1. The monoisotopic (exact) mass is 668 g/mol. The Labute approximate surface area is 281 Å². The minimum absolute atomic E-state index is 0.0148. The summed E-state index contributed by atoms with van der Waals surface area (Å²) in [6, 6.07) is 12.0. The molecule has 1 aromatic heterocycles. The second kappa shape index (κ2) is 14.5. The van der Waals surface area contributed by atoms with Crippen LogP contribution >= 0.6 is 0 Å². The van der Waals surface area contributed by atoms with Gasteiger partial charge in [-0.1, -0.05) is 32.9 Å². The summed E-state index contributed by atoms with van der Waals surface area (Å²) in [4.78, 5) is 26.7. The second-order valence-electron chi connectivity index (χ2n) is 13.4. The van der Waals surface area contributed by atoms with Crippen molar-refractivity contribution in [3.8, 4) is 5.75 Å². The molecule has 48 heavy (non-hydrogen) atoms. The van der Waals surface area contributed by atoms with Crippen molar-refractivity contribution in [3.05, 3.63) is 59.3 Å². The SMILES string of the molecule is CNc1cccc(CNc2nc(Nc3ccc(N4CCN(C5CCN(C(C)=O)CC5)CC4)cc3OC)ncc2C(F)(F)F)c1C(C)(C)C. The zero-order chi connectivity index (χ0) is 34.6. The Bertz CT molecular complexity index is 1580. The van der Waals surface area contributed by atoms with E-state index in [0.717, 1.165) is 80.8 Å². The molecule has 0 radical (unpaired) electrons. The third-order valence-corrected chi connectivity index (χ3v) is 9.25. The first kappa shape index (κ1) is 35.1. The number of ether oxygens (including phenoxy) is 1. The molecule has 13 heteroatoms. The Morgan fingerprint density at radius 3 is 2.31 bits per heavy atom. The third kappa shape index (κ3) is 8.05. The molecule has 0 atom stereocenters. The van der Waals surface area contributed by atoms with Crippen LogP contribution in [0.1, 0.15) is 57.2 Å². The summed E-state index contributed by atoms with van der Waals surface area (Å²) in [5.74, 6) is 0.382. The predicted molar refractivity (Wildman–Crippen MR) is 184 cm³/mol. The number of amides is 1. The van der Waals surface area contributed by atoms with Gasteiger partial charge in [0.15, 0.2) is 0 Å². The molecule has 0 unspecified atom stereocenters. The van der Waals surface area contributed by atoms with Crippen molar-refractivity contribution in [1.82, 2.24) is 19.8 Å². The average molecular weight is 669 g/mol. The van der Waals surface area contributed by atoms with Crippen LogP contribution in [-0.4, -0.2) is 85.1 Å². The molecule has 2 aromatic carbocycles. The number of piperidine rings is 1. The first-order valence-corrected chi connectivity index (χ1v) is 16.5. The van der Waals surface area contributed by atoms with Crippen molar-refractivity contribution in [1.29, 1.82) is 0 Å². The molecule has 260 valence electrons. The van der Waals surface area contributed by atoms with Crippen LogP contribution in [0.5, 0.6) is 5.75 Å². The summed E-state index contributed by atoms with van der Waals surface area (Å²) in [5, 5.41) is 9.21. The molecule has 2 fully saturated rings. The second-order valence-corrected chi connectivity index (χ2v) is 13.4. The largest absolute Gasteiger partial charge is 0.494 e. The highest BCUT2D eigenvalue weighted by Crippen LogP contribution is 2.37. The summed E-state index contributed by atoms with van der Waals surface area (Å²) < 4.78 is 47.8. The molecule has 0 spiro atoms. The molecule has 2 aliphatic rings. The van der Waals surface area contributed by atoms with E-state index in [0.29, 0.717) is 17.5 Å². The van der Waals surface area contributed by atoms with Gasteiger partial charge in [0.2, 0.25) is 11.9 Å². The molecule has 5 rings (SSSR count). The number of nitrogens with one attached hydrogen (secondary N) is 3. The van der Waals surface area contributed by atoms with Crippen LogP contribution in [0.3, 0.4) is 0 Å². The number of rotatable bonds is 9. The molecular weight excluding hydrogens is 621 g/mol. The minimum atomic E-state index is -4.64. The van der Waals surface area contributed by atoms with E-state index in [1.54, 1.807) is 14.0 Å². The zero-order valence-electron chi connectivity index (χ0n) is 28.7. The summed E-state index contributed by atoms with van der Waals surface area (Å²) in [6.07, 6.45) is -1.84. The number of anilines is 5. The molecule has 0 aliphatic carbocycles. The maximum atomic E-state index is 14.0. The van der Waals surface area contributed by atoms with E-state index in [9.17, 15) is 18.0 Å². The molecular formula is C35H47F3N8O2. The number of aromatic nitrogens is 2. The number of carbonyl (C=O) groups is 1. The van der Waals surface area contributed by atoms with Crippen molar-refractivity contribution in [2.45, 2.75) is 64.7 Å². The highest BCUT2D eigenvalue weighted by atomic mass is 19.4. The number of alkyl halides is 3. The van der Waals surface area contributed by atoms with Gasteiger partial charge in [0.25, 0.3) is 0 Å². The maximum Gasteiger partial charge on any atom is 0.421 e. The highest BCUT2D eigenvalue weighted by Gasteiger charge is 2.36. The lowest BCUT2D eigenvalue weighted by Crippen LogP contribution is -2.53. The van der Waals surface area contributed by atoms with Crippen molar-refractivity contribution in [2.24, 2.45) is 0 Å². The summed E-state index contributed by atoms with van der Waals surface area (Å²) in [5.41, 5.74) is 3.16. The lowest BCUT2D eigenvalue weighted by molar-refractivity contribution is -0.137. The number of benzene rings is 2. The number of halogens is 3. The normalized spacial score (nSPS) is 16.5. The fourth-order valence-corrected chi connectivity index (χ4v) is 6.80. The van der Waals surface area contributed by atoms with E-state index in [1.165, 1.54) is 0 Å². The summed E-state index contributed by atoms with van der Waals surface area (Å²) in [7, 11) is 3.39. The number of piperazine rings is 1. The van der Waals surface area contributed by atoms with E-state index in [2.05, 4.69) is 56.5 Å². The molecule has 1 amide bonds. The van der Waals surface area contributed by atoms with Gasteiger partial charge >= 0.3 is 6.18 Å². The lowest BCUT2D eigenvalue weighted by Gasteiger charge is -2.43. The van der Waals surface area contributed by atoms with Gasteiger partial charge in [0.1, 0.15) is 17.1 Å². The standard InChI is InChI=1S/C35H47F3N8O2/c1-23(47)44-14-12-25(13-15-44)45-16-18-46(19-17-45)26-10-11-28(30(20-26)48-6)42-33-41-22-27(35(36,37)38)32(43-33)40-21-24-8-7-9-29(39-5)31(24)34(2,3)4/h7-11,20,22,25,39H,12-19,21H2,1-6H3,(H2,40,41,42,43). The van der Waals surface area contributed by atoms with E-state index >= 15 is 0 Å². The number of hydrogen-bond donors (Lipinski definition) is 3. The number of likely N-dealkylation sites (tertiary alicyclic amines) is 1. The Morgan fingerprint density at radius 2 is 1.71 bits per heavy atom. The van der Waals surface area contributed by atoms with Crippen LogP contribution in [0.2, 0.25) is 0 Å². The Hall–Kier alpha value is -4.26. The highest BCUT2D eigenvalue weighted by molar-refractivity contribution is 5.73. The quantitative estimate of drug-likeness (QED) is 0.242. The Kier molecular flexibility index (Phi) is 10.6. The molecule has 2 aliphatic heterocycles. The number of hydrogen-bond acceptors (Lipinski definition) is 9. The topological polar surface area (TPSA) is 97.9 Å². The van der Waals surface area contributed by atoms with Crippen LogP contribution in [0, 0.1) is 0 Å². The molecule has 3 N–H and O–H groups in total. The first-order chi connectivity index (χ1) is 22.8. The maximum absolute atomic E-state index is 14.0. The van der Waals surface area contributed by atoms with Crippen LogP contribution in [-0.2, 0) is 22.9 Å². The van der Waals surface area contributed by atoms with Crippen molar-refractivity contribution >= 4 is 34.7 Å². The number of nitrogens with zero attached hydrogens (tertiary/aromatic N) is 5. The number of methoxy groups -OCH3 is 1. The van der Waals surface area contributed by atoms with Crippen molar-refractivity contribution in [3.63, 3.8) is 0 Å². The van der Waals surface area contributed by atoms with Gasteiger partial charge in [-0.3, -0.25) is 9.69 Å². The van der Waals surface area contributed by atoms with Gasteiger partial charge in [-0.25, -0.2) is 4.98 Å². The molecule has 2 saturated heterocycles. The van der Waals surface area contributed by atoms with Crippen molar-refractivity contribution < 1.29 is 22.7 Å². The van der Waals surface area contributed by atoms with Crippen LogP contribution < -0.4 is 25.6 Å². The predicted octanol–water partition coefficient (Wildman–Crippen LogP) is 6.33. The van der Waals surface area contributed by atoms with Gasteiger partial charge in [-0.15, -0.1) is 0 Å². The van der Waals surface area contributed by atoms with E-state index in [4.69, 9.17) is 4.74 Å². The van der Waals surface area contributed by atoms with Crippen LogP contribution in [0.25, 0.3) is 0 Å². The smallest absolute Gasteiger partial charge is 0.421 e. The molecule has 3 heterocycles. The Balaban J connectivity index is 1.29. The van der Waals surface area contributed by atoms with Gasteiger partial charge in [-0.05, 0) is 47.6 Å². The van der Waals surface area contributed by atoms with Gasteiger partial charge in [0.05, 0.1) is 12.8 Å². The molecule has 0 saturated carbocycles. The molecule has 10 nitrogen and oxygen atoms in total. The van der Waals surface area contributed by atoms with E-state index in [-0.39, 0.29) is 29.6 Å². The Morgan fingerprint density at radius 1 is 1.00 bits per heavy atom. The van der Waals surface area contributed by atoms with Gasteiger partial charge in [0, 0.05) is 89.5 Å². The summed E-state index contributed by atoms with van der Waals surface area (Å²) in [6.45, 7) is 13.2. The van der Waals surface area contributed by atoms with Gasteiger partial charge < -0.3 is 30.5 Å². The van der Waals surface area contributed by atoms with Crippen LogP contribution in [0.15, 0.2) is 42.6 Å². The van der Waals surface area contributed by atoms with E-state index in [1.807, 2.05) is 48.3 Å².